The highest BCUT2D eigenvalue weighted by molar-refractivity contribution is 9.10. The molecule has 0 atom stereocenters. The summed E-state index contributed by atoms with van der Waals surface area (Å²) < 4.78 is 0.801. The van der Waals surface area contributed by atoms with Gasteiger partial charge >= 0.3 is 0 Å². The van der Waals surface area contributed by atoms with E-state index in [-0.39, 0.29) is 12.5 Å². The lowest BCUT2D eigenvalue weighted by Crippen LogP contribution is -2.41. The number of hydrogen-bond donors (Lipinski definition) is 2. The Balaban J connectivity index is 1.99. The van der Waals surface area contributed by atoms with Gasteiger partial charge in [0.15, 0.2) is 0 Å². The fraction of sp³-hybridized carbons (Fsp3) is 0.263. The maximum atomic E-state index is 13.2. The largest absolute Gasteiger partial charge is 0.389 e. The Hall–Kier alpha value is -2.18. The predicted octanol–water partition coefficient (Wildman–Crippen LogP) is 3.74. The van der Waals surface area contributed by atoms with Gasteiger partial charge in [0.05, 0.1) is 23.0 Å². The Kier molecular flexibility index (Phi) is 4.92. The van der Waals surface area contributed by atoms with Crippen LogP contribution in [0.3, 0.4) is 0 Å². The molecule has 0 spiro atoms. The molecule has 0 unspecified atom stereocenters. The van der Waals surface area contributed by atoms with E-state index in [4.69, 9.17) is 0 Å². The van der Waals surface area contributed by atoms with E-state index in [1.54, 1.807) is 31.1 Å². The number of aromatic nitrogens is 2. The number of hydrogen-bond acceptors (Lipinski definition) is 3. The van der Waals surface area contributed by atoms with E-state index in [1.807, 2.05) is 36.4 Å². The maximum absolute atomic E-state index is 13.2. The molecule has 5 nitrogen and oxygen atoms in total. The van der Waals surface area contributed by atoms with Crippen molar-refractivity contribution < 1.29 is 9.90 Å². The predicted molar refractivity (Wildman–Crippen MR) is 101 cm³/mol. The molecule has 1 aromatic heterocycles. The Labute approximate surface area is 154 Å². The molecule has 0 aliphatic carbocycles. The molecule has 3 rings (SSSR count). The smallest absolute Gasteiger partial charge is 0.256 e. The molecule has 0 aliphatic rings. The van der Waals surface area contributed by atoms with Crippen LogP contribution in [0.4, 0.5) is 0 Å². The number of rotatable bonds is 5. The van der Waals surface area contributed by atoms with Gasteiger partial charge < -0.3 is 15.0 Å². The van der Waals surface area contributed by atoms with E-state index in [0.717, 1.165) is 15.6 Å². The molecule has 0 bridgehead atoms. The first-order valence-electron chi connectivity index (χ1n) is 8.02. The van der Waals surface area contributed by atoms with E-state index < -0.39 is 5.60 Å². The molecule has 0 saturated heterocycles. The molecule has 1 heterocycles. The number of benzene rings is 2. The molecule has 0 fully saturated rings. The summed E-state index contributed by atoms with van der Waals surface area (Å²) in [4.78, 5) is 22.2. The number of carbonyl (C=O) groups is 1. The van der Waals surface area contributed by atoms with Gasteiger partial charge in [0.2, 0.25) is 0 Å². The number of H-pyrrole nitrogens is 1. The van der Waals surface area contributed by atoms with Gasteiger partial charge in [0.25, 0.3) is 5.91 Å². The van der Waals surface area contributed by atoms with E-state index in [2.05, 4.69) is 25.9 Å². The van der Waals surface area contributed by atoms with Crippen LogP contribution in [0.2, 0.25) is 0 Å². The number of amides is 1. The maximum Gasteiger partial charge on any atom is 0.256 e. The minimum absolute atomic E-state index is 0.163. The highest BCUT2D eigenvalue weighted by Crippen LogP contribution is 2.24. The monoisotopic (exact) mass is 401 g/mol. The van der Waals surface area contributed by atoms with Crippen molar-refractivity contribution in [3.63, 3.8) is 0 Å². The van der Waals surface area contributed by atoms with Crippen molar-refractivity contribution in [3.05, 3.63) is 64.4 Å². The summed E-state index contributed by atoms with van der Waals surface area (Å²) in [5.41, 5.74) is 1.93. The summed E-state index contributed by atoms with van der Waals surface area (Å²) >= 11 is 3.45. The van der Waals surface area contributed by atoms with Gasteiger partial charge in [-0.1, -0.05) is 46.3 Å². The SMILES string of the molecule is CC(C)(O)CN(Cc1ccccc1)C(=O)c1cc(Br)cc2[nH]cnc12. The molecule has 1 amide bonds. The molecule has 2 aromatic carbocycles. The first-order valence-corrected chi connectivity index (χ1v) is 8.81. The molecule has 0 radical (unpaired) electrons. The molecule has 3 aromatic rings. The lowest BCUT2D eigenvalue weighted by atomic mass is 10.1. The van der Waals surface area contributed by atoms with Crippen molar-refractivity contribution in [2.75, 3.05) is 6.54 Å². The normalized spacial score (nSPS) is 11.7. The van der Waals surface area contributed by atoms with Gasteiger partial charge in [-0.05, 0) is 31.5 Å². The van der Waals surface area contributed by atoms with Gasteiger partial charge in [0.1, 0.15) is 5.52 Å². The lowest BCUT2D eigenvalue weighted by molar-refractivity contribution is 0.0281. The number of halogens is 1. The summed E-state index contributed by atoms with van der Waals surface area (Å²) in [7, 11) is 0. The second kappa shape index (κ2) is 6.98. The average molecular weight is 402 g/mol. The zero-order valence-electron chi connectivity index (χ0n) is 14.2. The summed E-state index contributed by atoms with van der Waals surface area (Å²) in [5, 5.41) is 10.3. The summed E-state index contributed by atoms with van der Waals surface area (Å²) in [6, 6.07) is 13.4. The Morgan fingerprint density at radius 1 is 1.28 bits per heavy atom. The first kappa shape index (κ1) is 17.6. The number of fused-ring (bicyclic) bond motifs is 1. The molecular formula is C19H20BrN3O2. The number of nitrogens with one attached hydrogen (secondary N) is 1. The number of nitrogens with zero attached hydrogens (tertiary/aromatic N) is 2. The van der Waals surface area contributed by atoms with E-state index >= 15 is 0 Å². The van der Waals surface area contributed by atoms with Crippen LogP contribution in [0.1, 0.15) is 29.8 Å². The van der Waals surface area contributed by atoms with Crippen LogP contribution in [-0.4, -0.2) is 38.0 Å². The highest BCUT2D eigenvalue weighted by atomic mass is 79.9. The minimum Gasteiger partial charge on any atom is -0.389 e. The molecule has 130 valence electrons. The van der Waals surface area contributed by atoms with Crippen molar-refractivity contribution in [2.24, 2.45) is 0 Å². The van der Waals surface area contributed by atoms with Crippen molar-refractivity contribution in [2.45, 2.75) is 26.0 Å². The van der Waals surface area contributed by atoms with Crippen LogP contribution in [0, 0.1) is 0 Å². The highest BCUT2D eigenvalue weighted by Gasteiger charge is 2.25. The molecule has 2 N–H and O–H groups in total. The molecular weight excluding hydrogens is 382 g/mol. The van der Waals surface area contributed by atoms with Gasteiger partial charge in [-0.2, -0.15) is 0 Å². The second-order valence-electron chi connectivity index (χ2n) is 6.71. The van der Waals surface area contributed by atoms with Gasteiger partial charge in [-0.15, -0.1) is 0 Å². The zero-order chi connectivity index (χ0) is 18.0. The van der Waals surface area contributed by atoms with E-state index in [0.29, 0.717) is 17.6 Å². The average Bonchev–Trinajstić information content (AvgIpc) is 3.00. The number of carbonyl (C=O) groups excluding carboxylic acids is 1. The minimum atomic E-state index is -0.999. The van der Waals surface area contributed by atoms with Crippen molar-refractivity contribution in [3.8, 4) is 0 Å². The van der Waals surface area contributed by atoms with Crippen molar-refractivity contribution >= 4 is 32.9 Å². The third-order valence-electron chi connectivity index (χ3n) is 3.80. The lowest BCUT2D eigenvalue weighted by Gasteiger charge is -2.29. The van der Waals surface area contributed by atoms with Crippen LogP contribution < -0.4 is 0 Å². The Morgan fingerprint density at radius 3 is 2.68 bits per heavy atom. The second-order valence-corrected chi connectivity index (χ2v) is 7.63. The number of aliphatic hydroxyl groups is 1. The van der Waals surface area contributed by atoms with Gasteiger partial charge in [0, 0.05) is 17.6 Å². The Morgan fingerprint density at radius 2 is 2.00 bits per heavy atom. The standard InChI is InChI=1S/C19H20BrN3O2/c1-19(2,25)11-23(10-13-6-4-3-5-7-13)18(24)15-8-14(20)9-16-17(15)22-12-21-16/h3-9,12,25H,10-11H2,1-2H3,(H,21,22). The summed E-state index contributed by atoms with van der Waals surface area (Å²) in [5.74, 6) is -0.163. The number of imidazole rings is 1. The Bertz CT molecular complexity index is 885. The number of aromatic amines is 1. The van der Waals surface area contributed by atoms with E-state index in [9.17, 15) is 9.90 Å². The third-order valence-corrected chi connectivity index (χ3v) is 4.26. The van der Waals surface area contributed by atoms with Crippen molar-refractivity contribution in [1.29, 1.82) is 0 Å². The van der Waals surface area contributed by atoms with Crippen LogP contribution in [-0.2, 0) is 6.54 Å². The van der Waals surface area contributed by atoms with Crippen LogP contribution in [0.15, 0.2) is 53.3 Å². The van der Waals surface area contributed by atoms with Gasteiger partial charge in [-0.3, -0.25) is 4.79 Å². The zero-order valence-corrected chi connectivity index (χ0v) is 15.7. The fourth-order valence-corrected chi connectivity index (χ4v) is 3.28. The molecule has 0 aliphatic heterocycles. The fourth-order valence-electron chi connectivity index (χ4n) is 2.82. The summed E-state index contributed by atoms with van der Waals surface area (Å²) in [6.07, 6.45) is 1.57. The topological polar surface area (TPSA) is 69.2 Å². The van der Waals surface area contributed by atoms with Gasteiger partial charge in [-0.25, -0.2) is 4.98 Å². The first-order chi connectivity index (χ1) is 11.8. The molecule has 25 heavy (non-hydrogen) atoms. The van der Waals surface area contributed by atoms with Crippen LogP contribution in [0.25, 0.3) is 11.0 Å². The van der Waals surface area contributed by atoms with Crippen LogP contribution >= 0.6 is 15.9 Å². The molecule has 0 saturated carbocycles. The molecule has 6 heteroatoms. The van der Waals surface area contributed by atoms with Crippen molar-refractivity contribution in [1.82, 2.24) is 14.9 Å². The summed E-state index contributed by atoms with van der Waals surface area (Å²) in [6.45, 7) is 4.04. The third kappa shape index (κ3) is 4.27. The van der Waals surface area contributed by atoms with Crippen LogP contribution in [0.5, 0.6) is 0 Å². The van der Waals surface area contributed by atoms with E-state index in [1.165, 1.54) is 0 Å². The quantitative estimate of drug-likeness (QED) is 0.683.